The molecule has 0 aliphatic carbocycles. The largest absolute Gasteiger partial charge is 0.497 e. The molecule has 1 heterocycles. The molecule has 5 nitrogen and oxygen atoms in total. The number of hydrogen-bond donors (Lipinski definition) is 1. The zero-order chi connectivity index (χ0) is 13.0. The standard InChI is InChI=1S/C13H16N2O3/c1-17-10-5-6-11(12(9-10)18-2)14-13(16)15-7-3-4-8-15/h3-6,9H,7-8H2,1-2H3,(H,14,16). The van der Waals surface area contributed by atoms with E-state index in [2.05, 4.69) is 5.32 Å². The predicted octanol–water partition coefficient (Wildman–Crippen LogP) is 2.11. The fourth-order valence-corrected chi connectivity index (χ4v) is 1.74. The van der Waals surface area contributed by atoms with Gasteiger partial charge in [-0.15, -0.1) is 0 Å². The van der Waals surface area contributed by atoms with E-state index in [1.807, 2.05) is 12.2 Å². The van der Waals surface area contributed by atoms with E-state index in [0.717, 1.165) is 0 Å². The summed E-state index contributed by atoms with van der Waals surface area (Å²) >= 11 is 0. The van der Waals surface area contributed by atoms with E-state index < -0.39 is 0 Å². The van der Waals surface area contributed by atoms with Gasteiger partial charge in [-0.05, 0) is 12.1 Å². The summed E-state index contributed by atoms with van der Waals surface area (Å²) in [4.78, 5) is 13.6. The number of ether oxygens (including phenoxy) is 2. The van der Waals surface area contributed by atoms with Crippen LogP contribution in [0, 0.1) is 0 Å². The summed E-state index contributed by atoms with van der Waals surface area (Å²) in [5.41, 5.74) is 0.634. The van der Waals surface area contributed by atoms with Crippen molar-refractivity contribution in [1.82, 2.24) is 4.90 Å². The Labute approximate surface area is 106 Å². The number of amides is 2. The van der Waals surface area contributed by atoms with Crippen molar-refractivity contribution in [3.63, 3.8) is 0 Å². The number of methoxy groups -OCH3 is 2. The lowest BCUT2D eigenvalue weighted by Gasteiger charge is -2.18. The second-order valence-electron chi connectivity index (χ2n) is 3.87. The third-order valence-electron chi connectivity index (χ3n) is 2.76. The predicted molar refractivity (Wildman–Crippen MR) is 69.3 cm³/mol. The number of benzene rings is 1. The first-order valence-corrected chi connectivity index (χ1v) is 5.67. The van der Waals surface area contributed by atoms with E-state index in [4.69, 9.17) is 9.47 Å². The molecule has 0 saturated heterocycles. The highest BCUT2D eigenvalue weighted by molar-refractivity contribution is 5.91. The second-order valence-corrected chi connectivity index (χ2v) is 3.87. The molecule has 0 saturated carbocycles. The quantitative estimate of drug-likeness (QED) is 0.833. The maximum absolute atomic E-state index is 11.9. The third kappa shape index (κ3) is 2.56. The van der Waals surface area contributed by atoms with E-state index >= 15 is 0 Å². The molecule has 2 rings (SSSR count). The van der Waals surface area contributed by atoms with Crippen molar-refractivity contribution in [2.75, 3.05) is 32.6 Å². The average Bonchev–Trinajstić information content (AvgIpc) is 2.93. The van der Waals surface area contributed by atoms with Crippen LogP contribution in [0.15, 0.2) is 30.4 Å². The molecule has 0 fully saturated rings. The molecule has 0 unspecified atom stereocenters. The molecule has 0 spiro atoms. The molecule has 1 aromatic rings. The monoisotopic (exact) mass is 248 g/mol. The van der Waals surface area contributed by atoms with Crippen molar-refractivity contribution in [2.45, 2.75) is 0 Å². The maximum atomic E-state index is 11.9. The van der Waals surface area contributed by atoms with E-state index in [1.54, 1.807) is 37.3 Å². The molecule has 2 amide bonds. The third-order valence-corrected chi connectivity index (χ3v) is 2.76. The lowest BCUT2D eigenvalue weighted by molar-refractivity contribution is 0.224. The van der Waals surface area contributed by atoms with E-state index in [1.165, 1.54) is 0 Å². The highest BCUT2D eigenvalue weighted by Crippen LogP contribution is 2.29. The molecule has 96 valence electrons. The van der Waals surface area contributed by atoms with Crippen LogP contribution in [0.25, 0.3) is 0 Å². The number of anilines is 1. The number of carbonyl (C=O) groups is 1. The topological polar surface area (TPSA) is 50.8 Å². The molecule has 1 aliphatic heterocycles. The van der Waals surface area contributed by atoms with Gasteiger partial charge in [0.25, 0.3) is 0 Å². The van der Waals surface area contributed by atoms with Gasteiger partial charge >= 0.3 is 6.03 Å². The number of hydrogen-bond acceptors (Lipinski definition) is 3. The van der Waals surface area contributed by atoms with Gasteiger partial charge < -0.3 is 19.7 Å². The van der Waals surface area contributed by atoms with Crippen LogP contribution in [0.1, 0.15) is 0 Å². The molecule has 0 aromatic heterocycles. The van der Waals surface area contributed by atoms with Crippen LogP contribution in [0.4, 0.5) is 10.5 Å². The van der Waals surface area contributed by atoms with Crippen molar-refractivity contribution < 1.29 is 14.3 Å². The van der Waals surface area contributed by atoms with Crippen molar-refractivity contribution >= 4 is 11.7 Å². The summed E-state index contributed by atoms with van der Waals surface area (Å²) in [5.74, 6) is 1.27. The van der Waals surface area contributed by atoms with Gasteiger partial charge in [-0.2, -0.15) is 0 Å². The lowest BCUT2D eigenvalue weighted by atomic mass is 10.2. The molecule has 1 N–H and O–H groups in total. The summed E-state index contributed by atoms with van der Waals surface area (Å²) < 4.78 is 10.3. The Morgan fingerprint density at radius 2 is 1.94 bits per heavy atom. The molecular weight excluding hydrogens is 232 g/mol. The normalized spacial score (nSPS) is 13.6. The molecule has 5 heteroatoms. The Morgan fingerprint density at radius 1 is 1.22 bits per heavy atom. The van der Waals surface area contributed by atoms with Crippen LogP contribution >= 0.6 is 0 Å². The van der Waals surface area contributed by atoms with Gasteiger partial charge in [0.1, 0.15) is 11.5 Å². The first-order chi connectivity index (χ1) is 8.74. The van der Waals surface area contributed by atoms with Crippen LogP contribution < -0.4 is 14.8 Å². The molecular formula is C13H16N2O3. The Morgan fingerprint density at radius 3 is 2.56 bits per heavy atom. The summed E-state index contributed by atoms with van der Waals surface area (Å²) in [6, 6.07) is 5.14. The smallest absolute Gasteiger partial charge is 0.322 e. The Kier molecular flexibility index (Phi) is 3.72. The molecule has 1 aromatic carbocycles. The van der Waals surface area contributed by atoms with Crippen molar-refractivity contribution in [1.29, 1.82) is 0 Å². The van der Waals surface area contributed by atoms with Gasteiger partial charge in [0.05, 0.1) is 19.9 Å². The van der Waals surface area contributed by atoms with Crippen LogP contribution in [0.3, 0.4) is 0 Å². The number of nitrogens with zero attached hydrogens (tertiary/aromatic N) is 1. The molecule has 0 bridgehead atoms. The molecule has 0 atom stereocenters. The summed E-state index contributed by atoms with van der Waals surface area (Å²) in [6.07, 6.45) is 3.93. The Bertz CT molecular complexity index is 463. The van der Waals surface area contributed by atoms with Gasteiger partial charge in [-0.25, -0.2) is 4.79 Å². The van der Waals surface area contributed by atoms with Gasteiger partial charge in [0, 0.05) is 19.2 Å². The summed E-state index contributed by atoms with van der Waals surface area (Å²) in [7, 11) is 3.14. The minimum absolute atomic E-state index is 0.136. The minimum atomic E-state index is -0.136. The van der Waals surface area contributed by atoms with Crippen molar-refractivity contribution in [3.8, 4) is 11.5 Å². The van der Waals surface area contributed by atoms with Crippen LogP contribution in [-0.2, 0) is 0 Å². The fourth-order valence-electron chi connectivity index (χ4n) is 1.74. The number of carbonyl (C=O) groups excluding carboxylic acids is 1. The number of urea groups is 1. The summed E-state index contributed by atoms with van der Waals surface area (Å²) in [5, 5.41) is 2.82. The highest BCUT2D eigenvalue weighted by Gasteiger charge is 2.16. The van der Waals surface area contributed by atoms with Gasteiger partial charge in [-0.1, -0.05) is 12.2 Å². The van der Waals surface area contributed by atoms with Crippen LogP contribution in [-0.4, -0.2) is 38.2 Å². The number of nitrogens with one attached hydrogen (secondary N) is 1. The maximum Gasteiger partial charge on any atom is 0.322 e. The average molecular weight is 248 g/mol. The minimum Gasteiger partial charge on any atom is -0.497 e. The second kappa shape index (κ2) is 5.44. The lowest BCUT2D eigenvalue weighted by Crippen LogP contribution is -2.32. The molecule has 0 radical (unpaired) electrons. The molecule has 1 aliphatic rings. The molecule has 18 heavy (non-hydrogen) atoms. The first-order valence-electron chi connectivity index (χ1n) is 5.67. The van der Waals surface area contributed by atoms with Gasteiger partial charge in [0.15, 0.2) is 0 Å². The zero-order valence-corrected chi connectivity index (χ0v) is 10.5. The van der Waals surface area contributed by atoms with Crippen LogP contribution in [0.5, 0.6) is 11.5 Å². The Balaban J connectivity index is 2.10. The van der Waals surface area contributed by atoms with Crippen LogP contribution in [0.2, 0.25) is 0 Å². The van der Waals surface area contributed by atoms with E-state index in [0.29, 0.717) is 30.3 Å². The fraction of sp³-hybridized carbons (Fsp3) is 0.308. The Hall–Kier alpha value is -2.17. The van der Waals surface area contributed by atoms with Gasteiger partial charge in [-0.3, -0.25) is 0 Å². The zero-order valence-electron chi connectivity index (χ0n) is 10.5. The first kappa shape index (κ1) is 12.3. The number of rotatable bonds is 3. The van der Waals surface area contributed by atoms with E-state index in [9.17, 15) is 4.79 Å². The van der Waals surface area contributed by atoms with Crippen molar-refractivity contribution in [3.05, 3.63) is 30.4 Å². The highest BCUT2D eigenvalue weighted by atomic mass is 16.5. The summed E-state index contributed by atoms with van der Waals surface area (Å²) in [6.45, 7) is 1.29. The van der Waals surface area contributed by atoms with E-state index in [-0.39, 0.29) is 6.03 Å². The van der Waals surface area contributed by atoms with Gasteiger partial charge in [0.2, 0.25) is 0 Å². The SMILES string of the molecule is COc1ccc(NC(=O)N2CC=CC2)c(OC)c1. The van der Waals surface area contributed by atoms with Crippen molar-refractivity contribution in [2.24, 2.45) is 0 Å².